The molecule has 0 N–H and O–H groups in total. The Labute approximate surface area is 722 Å². The molecule has 27 aromatic rings. The van der Waals surface area contributed by atoms with Gasteiger partial charge in [-0.3, -0.25) is 0 Å². The lowest BCUT2D eigenvalue weighted by molar-refractivity contribution is 0.668. The van der Waals surface area contributed by atoms with Crippen molar-refractivity contribution >= 4 is 198 Å². The molecular weight excluding hydrogens is 1550 g/mol. The van der Waals surface area contributed by atoms with E-state index in [4.69, 9.17) is 26.5 Å². The number of fused-ring (bicyclic) bond motifs is 30. The summed E-state index contributed by atoms with van der Waals surface area (Å²) in [6.07, 6.45) is 0. The summed E-state index contributed by atoms with van der Waals surface area (Å²) in [5, 5.41) is 13.1. The highest BCUT2D eigenvalue weighted by Gasteiger charge is 2.31. The molecule has 12 aromatic heterocycles. The van der Waals surface area contributed by atoms with E-state index >= 15 is 0 Å². The third-order valence-corrected chi connectivity index (χ3v) is 26.3. The van der Waals surface area contributed by atoms with Gasteiger partial charge in [0.25, 0.3) is 0 Å². The van der Waals surface area contributed by atoms with Crippen LogP contribution in [0.5, 0.6) is 0 Å². The number of aromatic nitrogens is 6. The van der Waals surface area contributed by atoms with Gasteiger partial charge in [-0.25, -0.2) is 0 Å². The molecule has 0 unspecified atom stereocenters. The van der Waals surface area contributed by atoms with Crippen LogP contribution in [0.2, 0.25) is 0 Å². The SMILES string of the molecule is Cc1ccc(-n2c3cc(C)ccc3c3oc4cc5c(cc4c32)oc2c3ccc(C)cc3n(-c3ccc(C)cc3)c52)cc1.Cc1ccc(-n2c3cc4c5oc6cc(C)ccc6c5n(-c5ccc(C)cc5)c4cc3c3oc4cc(C)ccc4c32)cc1.Cc1ccc(-n2c3cc4c5oc6cc(C)ccc6c5n(-c5ccc(C)cc5)c4cc3c3oc4cc(C)ccc4c32)cc1. The quantitative estimate of drug-likeness (QED) is 0.164. The molecule has 0 aliphatic heterocycles. The molecule has 0 saturated heterocycles. The Balaban J connectivity index is 0.000000103. The molecule has 606 valence electrons. The molecule has 0 aliphatic rings. The van der Waals surface area contributed by atoms with Crippen LogP contribution in [-0.4, -0.2) is 27.4 Å². The van der Waals surface area contributed by atoms with Crippen LogP contribution < -0.4 is 0 Å². The van der Waals surface area contributed by atoms with Gasteiger partial charge >= 0.3 is 0 Å². The van der Waals surface area contributed by atoms with Crippen LogP contribution in [0.15, 0.2) is 318 Å². The van der Waals surface area contributed by atoms with E-state index in [1.807, 2.05) is 0 Å². The molecule has 0 radical (unpaired) electrons. The fourth-order valence-electron chi connectivity index (χ4n) is 20.0. The van der Waals surface area contributed by atoms with Gasteiger partial charge in [-0.15, -0.1) is 0 Å². The first-order chi connectivity index (χ1) is 61.3. The predicted octanol–water partition coefficient (Wildman–Crippen LogP) is 31.8. The highest BCUT2D eigenvalue weighted by Crippen LogP contribution is 2.51. The number of nitrogens with zero attached hydrogens (tertiary/aromatic N) is 6. The van der Waals surface area contributed by atoms with E-state index in [2.05, 4.69) is 402 Å². The average molecular weight is 1630 g/mol. The summed E-state index contributed by atoms with van der Waals surface area (Å²) in [7, 11) is 0. The second-order valence-electron chi connectivity index (χ2n) is 35.4. The Morgan fingerprint density at radius 1 is 0.135 bits per heavy atom. The number of aryl methyl sites for hydroxylation is 12. The first kappa shape index (κ1) is 73.1. The van der Waals surface area contributed by atoms with Crippen molar-refractivity contribution in [3.05, 3.63) is 358 Å². The number of furan rings is 6. The summed E-state index contributed by atoms with van der Waals surface area (Å²) in [5.41, 5.74) is 45.2. The van der Waals surface area contributed by atoms with Crippen molar-refractivity contribution in [1.29, 1.82) is 0 Å². The van der Waals surface area contributed by atoms with E-state index in [1.54, 1.807) is 0 Å². The van der Waals surface area contributed by atoms with Gasteiger partial charge in [0.1, 0.15) is 66.6 Å². The molecule has 0 bridgehead atoms. The van der Waals surface area contributed by atoms with Crippen molar-refractivity contribution in [2.75, 3.05) is 0 Å². The minimum Gasteiger partial charge on any atom is -0.454 e. The molecule has 12 heterocycles. The number of hydrogen-bond donors (Lipinski definition) is 0. The van der Waals surface area contributed by atoms with Crippen molar-refractivity contribution in [2.45, 2.75) is 83.1 Å². The van der Waals surface area contributed by atoms with Gasteiger partial charge in [-0.2, -0.15) is 0 Å². The summed E-state index contributed by atoms with van der Waals surface area (Å²) < 4.78 is 54.2. The van der Waals surface area contributed by atoms with E-state index in [9.17, 15) is 0 Å². The first-order valence-electron chi connectivity index (χ1n) is 43.3. The van der Waals surface area contributed by atoms with Crippen molar-refractivity contribution in [3.8, 4) is 34.1 Å². The smallest absolute Gasteiger partial charge is 0.161 e. The van der Waals surface area contributed by atoms with Crippen LogP contribution in [-0.2, 0) is 0 Å². The number of benzene rings is 15. The highest BCUT2D eigenvalue weighted by molar-refractivity contribution is 6.27. The third-order valence-electron chi connectivity index (χ3n) is 26.3. The number of rotatable bonds is 6. The lowest BCUT2D eigenvalue weighted by Gasteiger charge is -2.10. The molecule has 27 rings (SSSR count). The van der Waals surface area contributed by atoms with Gasteiger partial charge < -0.3 is 53.9 Å². The monoisotopic (exact) mass is 1630 g/mol. The fourth-order valence-corrected chi connectivity index (χ4v) is 20.0. The second-order valence-corrected chi connectivity index (χ2v) is 35.4. The van der Waals surface area contributed by atoms with E-state index in [0.717, 1.165) is 232 Å². The zero-order valence-corrected chi connectivity index (χ0v) is 71.8. The molecule has 12 nitrogen and oxygen atoms in total. The van der Waals surface area contributed by atoms with Gasteiger partial charge in [-0.1, -0.05) is 143 Å². The Morgan fingerprint density at radius 2 is 0.294 bits per heavy atom. The van der Waals surface area contributed by atoms with Gasteiger partial charge in [0.2, 0.25) is 0 Å². The summed E-state index contributed by atoms with van der Waals surface area (Å²) in [6, 6.07) is 105. The Morgan fingerprint density at radius 3 is 0.508 bits per heavy atom. The van der Waals surface area contributed by atoms with Gasteiger partial charge in [0.15, 0.2) is 33.5 Å². The van der Waals surface area contributed by atoms with Crippen LogP contribution in [0.25, 0.3) is 232 Å². The molecule has 126 heavy (non-hydrogen) atoms. The second kappa shape index (κ2) is 26.9. The fraction of sp³-hybridized carbons (Fsp3) is 0.105. The zero-order valence-electron chi connectivity index (χ0n) is 71.8. The van der Waals surface area contributed by atoms with E-state index < -0.39 is 0 Å². The Kier molecular flexibility index (Phi) is 15.6. The van der Waals surface area contributed by atoms with Crippen LogP contribution >= 0.6 is 0 Å². The molecule has 0 saturated carbocycles. The molecule has 12 heteroatoms. The largest absolute Gasteiger partial charge is 0.454 e. The highest BCUT2D eigenvalue weighted by atomic mass is 16.4. The predicted molar refractivity (Wildman–Crippen MR) is 521 cm³/mol. The Bertz CT molecular complexity index is 8410. The maximum absolute atomic E-state index is 6.74. The van der Waals surface area contributed by atoms with Gasteiger partial charge in [0.05, 0.1) is 33.1 Å². The summed E-state index contributed by atoms with van der Waals surface area (Å²) in [5.74, 6) is 0. The molecule has 15 aromatic carbocycles. The molecule has 0 aliphatic carbocycles. The summed E-state index contributed by atoms with van der Waals surface area (Å²) in [6.45, 7) is 25.5. The average Bonchev–Trinajstić information content (AvgIpc) is 1.54. The third kappa shape index (κ3) is 10.9. The van der Waals surface area contributed by atoms with E-state index in [1.165, 1.54) is 66.8 Å². The van der Waals surface area contributed by atoms with Crippen LogP contribution in [0, 0.1) is 83.1 Å². The molecule has 0 spiro atoms. The summed E-state index contributed by atoms with van der Waals surface area (Å²) in [4.78, 5) is 0. The van der Waals surface area contributed by atoms with Gasteiger partial charge in [0, 0.05) is 98.8 Å². The van der Waals surface area contributed by atoms with Gasteiger partial charge in [-0.05, 0) is 298 Å². The minimum atomic E-state index is 0.857. The Hall–Kier alpha value is -15.7. The van der Waals surface area contributed by atoms with Crippen molar-refractivity contribution in [2.24, 2.45) is 0 Å². The van der Waals surface area contributed by atoms with Crippen molar-refractivity contribution in [1.82, 2.24) is 27.4 Å². The molecule has 0 fully saturated rings. The van der Waals surface area contributed by atoms with Crippen molar-refractivity contribution in [3.63, 3.8) is 0 Å². The van der Waals surface area contributed by atoms with E-state index in [-0.39, 0.29) is 0 Å². The zero-order chi connectivity index (χ0) is 84.8. The van der Waals surface area contributed by atoms with Crippen LogP contribution in [0.1, 0.15) is 66.8 Å². The summed E-state index contributed by atoms with van der Waals surface area (Å²) >= 11 is 0. The van der Waals surface area contributed by atoms with E-state index in [0.29, 0.717) is 0 Å². The number of hydrogen-bond acceptors (Lipinski definition) is 6. The van der Waals surface area contributed by atoms with Crippen LogP contribution in [0.4, 0.5) is 0 Å². The minimum absolute atomic E-state index is 0.857. The lowest BCUT2D eigenvalue weighted by atomic mass is 10.1. The molecule has 0 amide bonds. The topological polar surface area (TPSA) is 108 Å². The normalized spacial score (nSPS) is 12.3. The maximum atomic E-state index is 6.74. The molecule has 0 atom stereocenters. The lowest BCUT2D eigenvalue weighted by Crippen LogP contribution is -1.95. The van der Waals surface area contributed by atoms with Crippen LogP contribution in [0.3, 0.4) is 0 Å². The standard InChI is InChI=1S/3C38H28N2O2/c2*1-21-5-11-25(12-6-21)39-31-19-30-32(20-29(31)37-35(39)27-15-9-23(3)17-33(27)41-37)40(26-13-7-22(2)8-14-26)36-28-16-10-24(4)18-34(28)42-38(30)36;1-21-5-11-25(12-6-21)39-31-17-23(3)9-15-27(31)37-35(39)29-19-34-30(20-33(29)41-37)36-38(42-34)28-16-10-24(4)18-32(28)40(36)26-13-7-22(2)8-14-26/h3*5-20H,1-4H3. The molecular formula is C114H84N6O6. The first-order valence-corrected chi connectivity index (χ1v) is 43.3. The maximum Gasteiger partial charge on any atom is 0.161 e. The van der Waals surface area contributed by atoms with Crippen molar-refractivity contribution < 1.29 is 26.5 Å².